The number of ether oxygens (including phenoxy) is 1. The largest absolute Gasteiger partial charge is 0.379 e. The van der Waals surface area contributed by atoms with Crippen molar-refractivity contribution in [1.29, 1.82) is 0 Å². The monoisotopic (exact) mass is 332 g/mol. The van der Waals surface area contributed by atoms with Gasteiger partial charge < -0.3 is 15.0 Å². The minimum Gasteiger partial charge on any atom is -0.379 e. The Kier molecular flexibility index (Phi) is 6.37. The maximum atomic E-state index is 12.3. The van der Waals surface area contributed by atoms with E-state index in [0.29, 0.717) is 19.7 Å². The van der Waals surface area contributed by atoms with Crippen LogP contribution in [0.4, 0.5) is 5.69 Å². The van der Waals surface area contributed by atoms with Crippen LogP contribution in [0.1, 0.15) is 37.8 Å². The van der Waals surface area contributed by atoms with Crippen LogP contribution in [-0.2, 0) is 14.3 Å². The molecule has 1 atom stereocenters. The molecular weight excluding hydrogens is 304 g/mol. The van der Waals surface area contributed by atoms with E-state index >= 15 is 0 Å². The van der Waals surface area contributed by atoms with Crippen LogP contribution in [0.15, 0.2) is 18.2 Å². The van der Waals surface area contributed by atoms with E-state index in [-0.39, 0.29) is 30.3 Å². The highest BCUT2D eigenvalue weighted by atomic mass is 16.5. The molecule has 0 radical (unpaired) electrons. The molecule has 0 aliphatic carbocycles. The van der Waals surface area contributed by atoms with Gasteiger partial charge in [0.2, 0.25) is 11.8 Å². The Morgan fingerprint density at radius 1 is 1.38 bits per heavy atom. The minimum absolute atomic E-state index is 0.0187. The number of nitrogens with zero attached hydrogens (tertiary/aromatic N) is 1. The molecule has 2 rings (SSSR count). The molecule has 5 heteroatoms. The van der Waals surface area contributed by atoms with Crippen LogP contribution in [0.25, 0.3) is 0 Å². The summed E-state index contributed by atoms with van der Waals surface area (Å²) in [4.78, 5) is 26.3. The molecule has 0 saturated carbocycles. The van der Waals surface area contributed by atoms with Crippen LogP contribution < -0.4 is 10.2 Å². The fraction of sp³-hybridized carbons (Fsp3) is 0.579. The third-order valence-electron chi connectivity index (χ3n) is 4.21. The molecule has 0 spiro atoms. The van der Waals surface area contributed by atoms with Crippen molar-refractivity contribution < 1.29 is 14.3 Å². The van der Waals surface area contributed by atoms with Crippen molar-refractivity contribution in [1.82, 2.24) is 5.32 Å². The van der Waals surface area contributed by atoms with Crippen molar-refractivity contribution in [3.63, 3.8) is 0 Å². The first kappa shape index (κ1) is 18.5. The topological polar surface area (TPSA) is 58.6 Å². The molecule has 132 valence electrons. The Balaban J connectivity index is 1.86. The van der Waals surface area contributed by atoms with Crippen LogP contribution in [0.2, 0.25) is 0 Å². The lowest BCUT2D eigenvalue weighted by Gasteiger charge is -2.19. The molecule has 1 N–H and O–H groups in total. The summed E-state index contributed by atoms with van der Waals surface area (Å²) in [5.74, 6) is -0.297. The Labute approximate surface area is 144 Å². The summed E-state index contributed by atoms with van der Waals surface area (Å²) in [5, 5.41) is 2.92. The van der Waals surface area contributed by atoms with Crippen LogP contribution >= 0.6 is 0 Å². The second-order valence-electron chi connectivity index (χ2n) is 6.76. The Hall–Kier alpha value is -1.88. The van der Waals surface area contributed by atoms with Crippen molar-refractivity contribution in [3.05, 3.63) is 29.3 Å². The van der Waals surface area contributed by atoms with Gasteiger partial charge in [-0.3, -0.25) is 9.59 Å². The molecule has 1 unspecified atom stereocenters. The van der Waals surface area contributed by atoms with E-state index in [1.54, 1.807) is 4.90 Å². The summed E-state index contributed by atoms with van der Waals surface area (Å²) in [6.07, 6.45) is 1.27. The number of benzene rings is 1. The third kappa shape index (κ3) is 4.81. The quantitative estimate of drug-likeness (QED) is 0.781. The van der Waals surface area contributed by atoms with Gasteiger partial charge in [-0.25, -0.2) is 0 Å². The van der Waals surface area contributed by atoms with Gasteiger partial charge in [-0.1, -0.05) is 17.7 Å². The van der Waals surface area contributed by atoms with E-state index in [0.717, 1.165) is 17.7 Å². The molecule has 2 amide bonds. The van der Waals surface area contributed by atoms with Crippen molar-refractivity contribution in [3.8, 4) is 0 Å². The van der Waals surface area contributed by atoms with E-state index in [4.69, 9.17) is 4.74 Å². The molecule has 1 aliphatic rings. The van der Waals surface area contributed by atoms with Gasteiger partial charge in [-0.2, -0.15) is 0 Å². The molecule has 1 heterocycles. The van der Waals surface area contributed by atoms with Crippen molar-refractivity contribution in [2.45, 2.75) is 46.6 Å². The first-order valence-corrected chi connectivity index (χ1v) is 8.65. The van der Waals surface area contributed by atoms with Gasteiger partial charge in [0, 0.05) is 31.8 Å². The number of rotatable bonds is 7. The van der Waals surface area contributed by atoms with Gasteiger partial charge in [-0.15, -0.1) is 0 Å². The predicted octanol–water partition coefficient (Wildman–Crippen LogP) is 2.59. The summed E-state index contributed by atoms with van der Waals surface area (Å²) < 4.78 is 5.45. The molecule has 0 aromatic heterocycles. The highest BCUT2D eigenvalue weighted by molar-refractivity contribution is 6.00. The summed E-state index contributed by atoms with van der Waals surface area (Å²) >= 11 is 0. The molecule has 1 saturated heterocycles. The molecule has 24 heavy (non-hydrogen) atoms. The van der Waals surface area contributed by atoms with Gasteiger partial charge in [0.1, 0.15) is 0 Å². The summed E-state index contributed by atoms with van der Waals surface area (Å²) in [6, 6.07) is 6.02. The van der Waals surface area contributed by atoms with Crippen molar-refractivity contribution in [2.75, 3.05) is 24.6 Å². The molecular formula is C19H28N2O3. The average molecular weight is 332 g/mol. The third-order valence-corrected chi connectivity index (χ3v) is 4.21. The number of amides is 2. The van der Waals surface area contributed by atoms with E-state index < -0.39 is 0 Å². The Bertz CT molecular complexity index is 598. The zero-order valence-corrected chi connectivity index (χ0v) is 15.1. The molecule has 5 nitrogen and oxygen atoms in total. The number of hydrogen-bond donors (Lipinski definition) is 1. The first-order valence-electron chi connectivity index (χ1n) is 8.65. The summed E-state index contributed by atoms with van der Waals surface area (Å²) in [5.41, 5.74) is 3.14. The van der Waals surface area contributed by atoms with Crippen LogP contribution in [-0.4, -0.2) is 37.6 Å². The van der Waals surface area contributed by atoms with Crippen LogP contribution in [0.5, 0.6) is 0 Å². The number of anilines is 1. The fourth-order valence-corrected chi connectivity index (χ4v) is 2.97. The molecule has 0 bridgehead atoms. The molecule has 1 aromatic rings. The maximum absolute atomic E-state index is 12.3. The zero-order valence-electron chi connectivity index (χ0n) is 15.1. The zero-order chi connectivity index (χ0) is 17.7. The smallest absolute Gasteiger partial charge is 0.227 e. The number of aryl methyl sites for hydroxylation is 2. The minimum atomic E-state index is -0.274. The number of carbonyl (C=O) groups is 2. The lowest BCUT2D eigenvalue weighted by atomic mass is 10.1. The highest BCUT2D eigenvalue weighted by Gasteiger charge is 2.35. The van der Waals surface area contributed by atoms with Gasteiger partial charge in [0.15, 0.2) is 0 Å². The van der Waals surface area contributed by atoms with E-state index in [1.807, 2.05) is 39.8 Å². The number of hydrogen-bond acceptors (Lipinski definition) is 3. The second kappa shape index (κ2) is 8.29. The Morgan fingerprint density at radius 2 is 2.12 bits per heavy atom. The first-order chi connectivity index (χ1) is 11.4. The maximum Gasteiger partial charge on any atom is 0.227 e. The summed E-state index contributed by atoms with van der Waals surface area (Å²) in [6.45, 7) is 9.68. The van der Waals surface area contributed by atoms with Gasteiger partial charge in [0.05, 0.1) is 12.0 Å². The predicted molar refractivity (Wildman–Crippen MR) is 95.1 cm³/mol. The Morgan fingerprint density at radius 3 is 2.79 bits per heavy atom. The van der Waals surface area contributed by atoms with Crippen molar-refractivity contribution in [2.24, 2.45) is 5.92 Å². The highest BCUT2D eigenvalue weighted by Crippen LogP contribution is 2.28. The van der Waals surface area contributed by atoms with Crippen LogP contribution in [0.3, 0.4) is 0 Å². The average Bonchev–Trinajstić information content (AvgIpc) is 2.88. The van der Waals surface area contributed by atoms with Crippen molar-refractivity contribution >= 4 is 17.5 Å². The van der Waals surface area contributed by atoms with Crippen LogP contribution in [0, 0.1) is 19.8 Å². The standard InChI is InChI=1S/C19H28N2O3/c1-13(2)24-9-5-8-20-19(23)16-11-18(22)21(12-16)17-7-6-14(3)10-15(17)4/h6-7,10,13,16H,5,8-9,11-12H2,1-4H3,(H,20,23). The summed E-state index contributed by atoms with van der Waals surface area (Å²) in [7, 11) is 0. The van der Waals surface area contributed by atoms with E-state index in [1.165, 1.54) is 5.56 Å². The molecule has 1 aliphatic heterocycles. The van der Waals surface area contributed by atoms with Gasteiger partial charge in [0.25, 0.3) is 0 Å². The SMILES string of the molecule is Cc1ccc(N2CC(C(=O)NCCCOC(C)C)CC2=O)c(C)c1. The fourth-order valence-electron chi connectivity index (χ4n) is 2.97. The van der Waals surface area contributed by atoms with Gasteiger partial charge >= 0.3 is 0 Å². The number of nitrogens with one attached hydrogen (secondary N) is 1. The van der Waals surface area contributed by atoms with Gasteiger partial charge in [-0.05, 0) is 45.7 Å². The lowest BCUT2D eigenvalue weighted by Crippen LogP contribution is -2.34. The van der Waals surface area contributed by atoms with E-state index in [9.17, 15) is 9.59 Å². The lowest BCUT2D eigenvalue weighted by molar-refractivity contribution is -0.126. The normalized spacial score (nSPS) is 17.6. The molecule has 1 aromatic carbocycles. The second-order valence-corrected chi connectivity index (χ2v) is 6.76. The van der Waals surface area contributed by atoms with E-state index in [2.05, 4.69) is 11.4 Å². The number of carbonyl (C=O) groups excluding carboxylic acids is 2. The molecule has 1 fully saturated rings.